The molecule has 1 aliphatic carbocycles. The lowest BCUT2D eigenvalue weighted by molar-refractivity contribution is 0.768. The van der Waals surface area contributed by atoms with Gasteiger partial charge in [0.05, 0.1) is 5.41 Å². The molecule has 0 fully saturated rings. The van der Waals surface area contributed by atoms with Gasteiger partial charge < -0.3 is 4.90 Å². The number of fused-ring (bicyclic) bond motifs is 7. The van der Waals surface area contributed by atoms with Gasteiger partial charge in [0.2, 0.25) is 0 Å². The minimum absolute atomic E-state index is 0.450. The summed E-state index contributed by atoms with van der Waals surface area (Å²) in [6, 6.07) is 87.2. The minimum Gasteiger partial charge on any atom is -0.311 e. The van der Waals surface area contributed by atoms with Crippen molar-refractivity contribution in [1.29, 1.82) is 0 Å². The third kappa shape index (κ3) is 5.68. The van der Waals surface area contributed by atoms with Crippen molar-refractivity contribution in [3.05, 3.63) is 259 Å². The van der Waals surface area contributed by atoms with Gasteiger partial charge in [0, 0.05) is 37.2 Å². The molecule has 0 radical (unpaired) electrons. The smallest absolute Gasteiger partial charge is 0.0713 e. The molecular formula is C59H39NS. The molecule has 0 spiro atoms. The topological polar surface area (TPSA) is 3.24 Å². The van der Waals surface area contributed by atoms with Crippen LogP contribution in [0, 0.1) is 0 Å². The second-order valence-electron chi connectivity index (χ2n) is 16.0. The van der Waals surface area contributed by atoms with E-state index in [1.54, 1.807) is 0 Å². The van der Waals surface area contributed by atoms with Crippen LogP contribution < -0.4 is 4.90 Å². The first kappa shape index (κ1) is 35.4. The molecule has 0 saturated carbocycles. The monoisotopic (exact) mass is 793 g/mol. The van der Waals surface area contributed by atoms with Gasteiger partial charge in [-0.15, -0.1) is 11.3 Å². The Labute approximate surface area is 360 Å². The second-order valence-corrected chi connectivity index (χ2v) is 17.1. The molecule has 0 N–H and O–H groups in total. The maximum Gasteiger partial charge on any atom is 0.0713 e. The van der Waals surface area contributed by atoms with Crippen molar-refractivity contribution in [2.75, 3.05) is 4.90 Å². The first-order valence-corrected chi connectivity index (χ1v) is 21.8. The molecule has 12 rings (SSSR count). The van der Waals surface area contributed by atoms with Gasteiger partial charge in [-0.05, 0) is 121 Å². The van der Waals surface area contributed by atoms with E-state index in [9.17, 15) is 0 Å². The van der Waals surface area contributed by atoms with E-state index in [2.05, 4.69) is 241 Å². The van der Waals surface area contributed by atoms with E-state index in [1.807, 2.05) is 11.3 Å². The van der Waals surface area contributed by atoms with Crippen LogP contribution in [-0.4, -0.2) is 0 Å². The van der Waals surface area contributed by atoms with E-state index < -0.39 is 5.41 Å². The third-order valence-corrected chi connectivity index (χ3v) is 13.9. The molecule has 1 aromatic heterocycles. The number of thiophene rings is 1. The molecule has 0 atom stereocenters. The van der Waals surface area contributed by atoms with Gasteiger partial charge in [-0.3, -0.25) is 0 Å². The van der Waals surface area contributed by atoms with Crippen LogP contribution in [-0.2, 0) is 5.41 Å². The highest BCUT2D eigenvalue weighted by Crippen LogP contribution is 2.56. The Bertz CT molecular complexity index is 3350. The Morgan fingerprint density at radius 3 is 1.51 bits per heavy atom. The Morgan fingerprint density at radius 2 is 0.803 bits per heavy atom. The van der Waals surface area contributed by atoms with Gasteiger partial charge in [-0.1, -0.05) is 182 Å². The molecule has 1 nitrogen and oxygen atoms in total. The van der Waals surface area contributed by atoms with Crippen LogP contribution in [0.2, 0.25) is 0 Å². The number of benzene rings is 10. The molecule has 11 aromatic rings. The zero-order chi connectivity index (χ0) is 40.3. The lowest BCUT2D eigenvalue weighted by Crippen LogP contribution is -2.28. The van der Waals surface area contributed by atoms with Crippen molar-refractivity contribution >= 4 is 59.3 Å². The van der Waals surface area contributed by atoms with Gasteiger partial charge in [-0.2, -0.15) is 0 Å². The fourth-order valence-corrected chi connectivity index (χ4v) is 11.1. The van der Waals surface area contributed by atoms with E-state index in [0.717, 1.165) is 17.1 Å². The Kier molecular flexibility index (Phi) is 8.33. The second kappa shape index (κ2) is 14.3. The summed E-state index contributed by atoms with van der Waals surface area (Å²) < 4.78 is 2.65. The molecule has 2 heteroatoms. The van der Waals surface area contributed by atoms with Crippen LogP contribution in [0.4, 0.5) is 17.1 Å². The van der Waals surface area contributed by atoms with Crippen molar-refractivity contribution in [3.8, 4) is 33.4 Å². The van der Waals surface area contributed by atoms with Crippen LogP contribution in [0.25, 0.3) is 64.3 Å². The molecule has 0 aliphatic heterocycles. The first-order valence-electron chi connectivity index (χ1n) is 21.0. The van der Waals surface area contributed by atoms with E-state index in [4.69, 9.17) is 0 Å². The summed E-state index contributed by atoms with van der Waals surface area (Å²) in [5.74, 6) is 0. The third-order valence-electron chi connectivity index (χ3n) is 12.8. The molecule has 0 unspecified atom stereocenters. The molecule has 0 bridgehead atoms. The average molecular weight is 794 g/mol. The molecular weight excluding hydrogens is 755 g/mol. The van der Waals surface area contributed by atoms with E-state index >= 15 is 0 Å². The maximum atomic E-state index is 2.39. The summed E-state index contributed by atoms with van der Waals surface area (Å²) in [7, 11) is 0. The average Bonchev–Trinajstić information content (AvgIpc) is 3.86. The van der Waals surface area contributed by atoms with Crippen LogP contribution in [0.1, 0.15) is 22.3 Å². The van der Waals surface area contributed by atoms with Gasteiger partial charge in [0.1, 0.15) is 0 Å². The number of nitrogens with zero attached hydrogens (tertiary/aromatic N) is 1. The first-order chi connectivity index (χ1) is 30.2. The van der Waals surface area contributed by atoms with Gasteiger partial charge in [0.25, 0.3) is 0 Å². The van der Waals surface area contributed by atoms with Crippen molar-refractivity contribution in [2.24, 2.45) is 0 Å². The van der Waals surface area contributed by atoms with Crippen molar-refractivity contribution in [3.63, 3.8) is 0 Å². The number of anilines is 3. The van der Waals surface area contributed by atoms with E-state index in [0.29, 0.717) is 0 Å². The highest BCUT2D eigenvalue weighted by molar-refractivity contribution is 7.25. The van der Waals surface area contributed by atoms with Crippen LogP contribution in [0.15, 0.2) is 237 Å². The number of hydrogen-bond donors (Lipinski definition) is 0. The predicted molar refractivity (Wildman–Crippen MR) is 260 cm³/mol. The normalized spacial score (nSPS) is 12.7. The lowest BCUT2D eigenvalue weighted by atomic mass is 9.68. The summed E-state index contributed by atoms with van der Waals surface area (Å²) in [5, 5.41) is 5.15. The highest BCUT2D eigenvalue weighted by Gasteiger charge is 2.45. The predicted octanol–water partition coefficient (Wildman–Crippen LogP) is 16.4. The molecule has 1 aliphatic rings. The van der Waals surface area contributed by atoms with E-state index in [1.165, 1.54) is 86.6 Å². The molecule has 1 heterocycles. The quantitative estimate of drug-likeness (QED) is 0.155. The summed E-state index contributed by atoms with van der Waals surface area (Å²) >= 11 is 1.86. The molecule has 0 amide bonds. The fraction of sp³-hybridized carbons (Fsp3) is 0.0169. The van der Waals surface area contributed by atoms with Crippen molar-refractivity contribution in [2.45, 2.75) is 5.41 Å². The van der Waals surface area contributed by atoms with Crippen LogP contribution in [0.3, 0.4) is 0 Å². The standard InChI is InChI=1S/C59H39NS/c1-2-15-44(16-3-1)59(55-22-9-6-18-51(55)52-19-7-10-23-56(52)59)45-30-36-48(37-31-45)60(47-34-27-42(28-35-47)50-21-12-14-41-13-4-5-17-49(41)50)46-32-25-40(26-33-46)43-29-38-58-54(39-43)53-20-8-11-24-57(53)61-58/h1-39H. The lowest BCUT2D eigenvalue weighted by Gasteiger charge is -2.34. The van der Waals surface area contributed by atoms with Gasteiger partial charge >= 0.3 is 0 Å². The summed E-state index contributed by atoms with van der Waals surface area (Å²) in [6.45, 7) is 0. The van der Waals surface area contributed by atoms with E-state index in [-0.39, 0.29) is 0 Å². The zero-order valence-corrected chi connectivity index (χ0v) is 34.2. The fourth-order valence-electron chi connectivity index (χ4n) is 10.00. The summed E-state index contributed by atoms with van der Waals surface area (Å²) in [4.78, 5) is 2.39. The Hall–Kier alpha value is -7.52. The molecule has 286 valence electrons. The number of rotatable bonds is 7. The molecule has 10 aromatic carbocycles. The van der Waals surface area contributed by atoms with Crippen molar-refractivity contribution < 1.29 is 0 Å². The van der Waals surface area contributed by atoms with Crippen LogP contribution in [0.5, 0.6) is 0 Å². The number of hydrogen-bond acceptors (Lipinski definition) is 2. The largest absolute Gasteiger partial charge is 0.311 e. The van der Waals surface area contributed by atoms with Crippen LogP contribution >= 0.6 is 11.3 Å². The Morgan fingerprint density at radius 1 is 0.311 bits per heavy atom. The van der Waals surface area contributed by atoms with Gasteiger partial charge in [0.15, 0.2) is 0 Å². The minimum atomic E-state index is -0.450. The molecule has 0 saturated heterocycles. The summed E-state index contributed by atoms with van der Waals surface area (Å²) in [6.07, 6.45) is 0. The van der Waals surface area contributed by atoms with Gasteiger partial charge in [-0.25, -0.2) is 0 Å². The zero-order valence-electron chi connectivity index (χ0n) is 33.4. The van der Waals surface area contributed by atoms with Crippen molar-refractivity contribution in [1.82, 2.24) is 0 Å². The molecule has 61 heavy (non-hydrogen) atoms. The summed E-state index contributed by atoms with van der Waals surface area (Å²) in [5.41, 5.74) is 15.5. The Balaban J connectivity index is 0.984. The highest BCUT2D eigenvalue weighted by atomic mass is 32.1. The maximum absolute atomic E-state index is 2.39. The SMILES string of the molecule is c1ccc(C2(c3ccc(N(c4ccc(-c5ccc6sc7ccccc7c6c5)cc4)c4ccc(-c5cccc6ccccc56)cc4)cc3)c3ccccc3-c3ccccc32)cc1.